The molecule has 1 rings (SSSR count). The van der Waals surface area contributed by atoms with Crippen LogP contribution in [-0.2, 0) is 5.54 Å². The van der Waals surface area contributed by atoms with Crippen LogP contribution >= 0.6 is 0 Å². The van der Waals surface area contributed by atoms with E-state index in [1.165, 1.54) is 10.8 Å². The molecule has 0 aliphatic heterocycles. The monoisotopic (exact) mass is 265 g/mol. The molecular weight excluding hydrogens is 253 g/mol. The van der Waals surface area contributed by atoms with E-state index in [1.807, 2.05) is 13.8 Å². The topological polar surface area (TPSA) is 121 Å². The fraction of sp³-hybridized carbons (Fsp3) is 0.333. The summed E-state index contributed by atoms with van der Waals surface area (Å²) in [5, 5.41) is 25.8. The third-order valence-electron chi connectivity index (χ3n) is 1.90. The van der Waals surface area contributed by atoms with Crippen LogP contribution in [0.1, 0.15) is 13.8 Å². The number of allylic oxidation sites excluding steroid dienone is 1. The molecule has 0 unspecified atom stereocenters. The molecule has 0 radical (unpaired) electrons. The van der Waals surface area contributed by atoms with Gasteiger partial charge in [0, 0.05) is 0 Å². The van der Waals surface area contributed by atoms with Crippen molar-refractivity contribution >= 4 is 12.1 Å². The van der Waals surface area contributed by atoms with Gasteiger partial charge in [0.25, 0.3) is 0 Å². The first-order valence-electron chi connectivity index (χ1n) is 4.44. The maximum atomic E-state index is 10.5. The van der Waals surface area contributed by atoms with Gasteiger partial charge in [-0.05, 0) is 18.8 Å². The van der Waals surface area contributed by atoms with Gasteiger partial charge in [0.05, 0.1) is 0 Å². The van der Waals surface area contributed by atoms with Crippen molar-refractivity contribution in [2.45, 2.75) is 19.4 Å². The molecule has 94 valence electrons. The predicted octanol–water partition coefficient (Wildman–Crippen LogP) is -2.40. The minimum Gasteiger partial charge on any atom is -0.565 e. The molecule has 0 atom stereocenters. The summed E-state index contributed by atoms with van der Waals surface area (Å²) in [6, 6.07) is 0. The molecule has 0 bridgehead atoms. The number of imidazole rings is 1. The van der Waals surface area contributed by atoms with Crippen LogP contribution in [0.3, 0.4) is 0 Å². The SMILES string of the molecule is C=CC(C)(C)n1ccnc1[N+](=O)[O-].O=C([O-])O.[Na+]. The molecule has 1 heterocycles. The third kappa shape index (κ3) is 5.80. The molecule has 0 aliphatic carbocycles. The second-order valence-electron chi connectivity index (χ2n) is 3.48. The number of nitrogens with zero attached hydrogens (tertiary/aromatic N) is 3. The van der Waals surface area contributed by atoms with Gasteiger partial charge in [-0.3, -0.25) is 0 Å². The molecule has 0 saturated carbocycles. The van der Waals surface area contributed by atoms with Crippen molar-refractivity contribution in [3.63, 3.8) is 0 Å². The van der Waals surface area contributed by atoms with E-state index < -0.39 is 16.6 Å². The first-order valence-corrected chi connectivity index (χ1v) is 4.44. The van der Waals surface area contributed by atoms with Crippen LogP contribution in [0.4, 0.5) is 10.7 Å². The molecule has 1 N–H and O–H groups in total. The summed E-state index contributed by atoms with van der Waals surface area (Å²) in [6.45, 7) is 7.27. The van der Waals surface area contributed by atoms with Gasteiger partial charge in [-0.15, -0.1) is 0 Å². The molecule has 0 spiro atoms. The van der Waals surface area contributed by atoms with E-state index in [1.54, 1.807) is 12.3 Å². The summed E-state index contributed by atoms with van der Waals surface area (Å²) in [6.07, 6.45) is 2.53. The summed E-state index contributed by atoms with van der Waals surface area (Å²) in [5.41, 5.74) is -0.487. The Hall–Kier alpha value is -1.38. The van der Waals surface area contributed by atoms with Crippen LogP contribution < -0.4 is 34.7 Å². The van der Waals surface area contributed by atoms with Crippen LogP contribution in [0, 0.1) is 10.1 Å². The average molecular weight is 265 g/mol. The van der Waals surface area contributed by atoms with Crippen LogP contribution in [0.5, 0.6) is 0 Å². The van der Waals surface area contributed by atoms with Crippen molar-refractivity contribution in [3.8, 4) is 0 Å². The number of carboxylic acid groups (broad SMARTS) is 2. The summed E-state index contributed by atoms with van der Waals surface area (Å²) in [7, 11) is 0. The van der Waals surface area contributed by atoms with E-state index in [0.29, 0.717) is 0 Å². The van der Waals surface area contributed by atoms with E-state index in [2.05, 4.69) is 11.6 Å². The standard InChI is InChI=1S/C8H11N3O2.CH2O3.Na/c1-4-8(2,3)10-6-5-9-7(10)11(12)13;2-1(3)4;/h4-6H,1H2,2-3H3;(H2,2,3,4);/q;;+1/p-1. The zero-order valence-electron chi connectivity index (χ0n) is 10.4. The molecule has 0 aliphatic rings. The van der Waals surface area contributed by atoms with E-state index in [-0.39, 0.29) is 35.5 Å². The van der Waals surface area contributed by atoms with Gasteiger partial charge >= 0.3 is 35.5 Å². The van der Waals surface area contributed by atoms with Gasteiger partial charge in [0.15, 0.2) is 0 Å². The Kier molecular flexibility index (Phi) is 8.28. The van der Waals surface area contributed by atoms with E-state index in [4.69, 9.17) is 15.0 Å². The molecule has 0 saturated heterocycles. The van der Waals surface area contributed by atoms with E-state index >= 15 is 0 Å². The van der Waals surface area contributed by atoms with Crippen molar-refractivity contribution in [2.75, 3.05) is 0 Å². The number of hydrogen-bond donors (Lipinski definition) is 1. The Morgan fingerprint density at radius 2 is 2.11 bits per heavy atom. The van der Waals surface area contributed by atoms with Crippen LogP contribution in [-0.4, -0.2) is 25.7 Å². The normalized spacial score (nSPS) is 9.44. The largest absolute Gasteiger partial charge is 1.00 e. The fourth-order valence-electron chi connectivity index (χ4n) is 0.979. The first kappa shape index (κ1) is 19.0. The van der Waals surface area contributed by atoms with Crippen molar-refractivity contribution in [1.29, 1.82) is 0 Å². The van der Waals surface area contributed by atoms with Gasteiger partial charge in [0.1, 0.15) is 17.9 Å². The summed E-state index contributed by atoms with van der Waals surface area (Å²) < 4.78 is 1.47. The Bertz CT molecular complexity index is 426. The maximum absolute atomic E-state index is 10.5. The van der Waals surface area contributed by atoms with Crippen LogP contribution in [0.2, 0.25) is 0 Å². The molecule has 0 aromatic carbocycles. The Balaban J connectivity index is 0. The van der Waals surface area contributed by atoms with Crippen molar-refractivity contribution in [3.05, 3.63) is 35.2 Å². The predicted molar refractivity (Wildman–Crippen MR) is 56.4 cm³/mol. The molecule has 8 nitrogen and oxygen atoms in total. The summed E-state index contributed by atoms with van der Waals surface area (Å²) in [5.74, 6) is -0.162. The Labute approximate surface area is 125 Å². The zero-order chi connectivity index (χ0) is 13.6. The minimum atomic E-state index is -2.08. The first-order chi connectivity index (χ1) is 7.72. The second kappa shape index (κ2) is 7.85. The summed E-state index contributed by atoms with van der Waals surface area (Å²) >= 11 is 0. The van der Waals surface area contributed by atoms with Crippen molar-refractivity contribution in [1.82, 2.24) is 9.55 Å². The number of rotatable bonds is 3. The third-order valence-corrected chi connectivity index (χ3v) is 1.90. The Morgan fingerprint density at radius 1 is 1.67 bits per heavy atom. The van der Waals surface area contributed by atoms with Gasteiger partial charge in [0.2, 0.25) is 6.16 Å². The van der Waals surface area contributed by atoms with Crippen LogP contribution in [0.15, 0.2) is 25.0 Å². The zero-order valence-corrected chi connectivity index (χ0v) is 12.4. The Morgan fingerprint density at radius 3 is 2.44 bits per heavy atom. The number of carbonyl (C=O) groups is 1. The van der Waals surface area contributed by atoms with Crippen molar-refractivity contribution < 1.29 is 49.5 Å². The molecule has 0 amide bonds. The molecule has 1 aromatic rings. The molecular formula is C9H12N3NaO5. The molecule has 0 fully saturated rings. The number of hydrogen-bond acceptors (Lipinski definition) is 5. The number of aromatic nitrogens is 2. The van der Waals surface area contributed by atoms with E-state index in [9.17, 15) is 10.1 Å². The van der Waals surface area contributed by atoms with E-state index in [0.717, 1.165) is 0 Å². The van der Waals surface area contributed by atoms with Gasteiger partial charge in [-0.1, -0.05) is 17.6 Å². The smallest absolute Gasteiger partial charge is 0.565 e. The van der Waals surface area contributed by atoms with Gasteiger partial charge in [-0.25, -0.2) is 4.57 Å². The van der Waals surface area contributed by atoms with Gasteiger partial charge < -0.3 is 25.1 Å². The molecule has 9 heteroatoms. The molecule has 1 aromatic heterocycles. The average Bonchev–Trinajstić information content (AvgIpc) is 2.65. The quantitative estimate of drug-likeness (QED) is 0.281. The fourth-order valence-corrected chi connectivity index (χ4v) is 0.979. The summed E-state index contributed by atoms with van der Waals surface area (Å²) in [4.78, 5) is 22.1. The van der Waals surface area contributed by atoms with Crippen molar-refractivity contribution in [2.24, 2.45) is 0 Å². The second-order valence-corrected chi connectivity index (χ2v) is 3.48. The minimum absolute atomic E-state index is 0. The molecule has 18 heavy (non-hydrogen) atoms. The van der Waals surface area contributed by atoms with Crippen LogP contribution in [0.25, 0.3) is 0 Å². The number of nitro groups is 1. The maximum Gasteiger partial charge on any atom is 1.00 e. The van der Waals surface area contributed by atoms with Gasteiger partial charge in [-0.2, -0.15) is 0 Å².